The van der Waals surface area contributed by atoms with Gasteiger partial charge in [0.25, 0.3) is 0 Å². The van der Waals surface area contributed by atoms with Crippen LogP contribution in [0.15, 0.2) is 97.1 Å². The van der Waals surface area contributed by atoms with Gasteiger partial charge in [0.15, 0.2) is 0 Å². The SMILES string of the molecule is C#Cc1cccc(NC(=O)Nc2cc(NC(=O)Nc3cccc(C#C)c3)cc(C(=O)Oc3ccccc3)c2)c1. The lowest BCUT2D eigenvalue weighted by atomic mass is 10.1. The third-order valence-corrected chi connectivity index (χ3v) is 5.21. The molecule has 0 spiro atoms. The van der Waals surface area contributed by atoms with Gasteiger partial charge in [-0.3, -0.25) is 0 Å². The van der Waals surface area contributed by atoms with Gasteiger partial charge >= 0.3 is 18.0 Å². The summed E-state index contributed by atoms with van der Waals surface area (Å²) in [5.74, 6) is 4.66. The Kier molecular flexibility index (Phi) is 8.23. The van der Waals surface area contributed by atoms with E-state index in [0.29, 0.717) is 28.3 Å². The van der Waals surface area contributed by atoms with Gasteiger partial charge in [-0.15, -0.1) is 12.8 Å². The lowest BCUT2D eigenvalue weighted by Crippen LogP contribution is -2.22. The van der Waals surface area contributed by atoms with Crippen molar-refractivity contribution in [2.75, 3.05) is 21.3 Å². The first-order valence-corrected chi connectivity index (χ1v) is 11.6. The number of terminal acetylenes is 2. The molecule has 0 fully saturated rings. The number of esters is 1. The lowest BCUT2D eigenvalue weighted by Gasteiger charge is -2.13. The van der Waals surface area contributed by atoms with E-state index in [0.717, 1.165) is 0 Å². The highest BCUT2D eigenvalue weighted by atomic mass is 16.5. The van der Waals surface area contributed by atoms with Gasteiger partial charge in [0, 0.05) is 33.9 Å². The third kappa shape index (κ3) is 7.50. The molecule has 0 aliphatic heterocycles. The van der Waals surface area contributed by atoms with E-state index in [2.05, 4.69) is 33.1 Å². The first kappa shape index (κ1) is 26.1. The second-order valence-electron chi connectivity index (χ2n) is 8.11. The predicted octanol–water partition coefficient (Wildman–Crippen LogP) is 6.16. The second kappa shape index (κ2) is 12.3. The maximum Gasteiger partial charge on any atom is 0.343 e. The Hall–Kier alpha value is -5.99. The number of urea groups is 2. The fourth-order valence-corrected chi connectivity index (χ4v) is 3.50. The Labute approximate surface area is 225 Å². The molecule has 0 saturated heterocycles. The number of amides is 4. The van der Waals surface area contributed by atoms with Crippen molar-refractivity contribution in [3.05, 3.63) is 114 Å². The number of para-hydroxylation sites is 1. The van der Waals surface area contributed by atoms with Crippen LogP contribution < -0.4 is 26.0 Å². The smallest absolute Gasteiger partial charge is 0.343 e. The number of carbonyl (C=O) groups is 3. The zero-order valence-electron chi connectivity index (χ0n) is 20.5. The van der Waals surface area contributed by atoms with Crippen LogP contribution in [0, 0.1) is 24.7 Å². The van der Waals surface area contributed by atoms with Crippen molar-refractivity contribution in [3.8, 4) is 30.4 Å². The number of anilines is 4. The van der Waals surface area contributed by atoms with Crippen molar-refractivity contribution >= 4 is 40.8 Å². The summed E-state index contributed by atoms with van der Waals surface area (Å²) in [5, 5.41) is 10.7. The molecule has 0 aliphatic rings. The van der Waals surface area contributed by atoms with Gasteiger partial charge < -0.3 is 26.0 Å². The Morgan fingerprint density at radius 1 is 0.564 bits per heavy atom. The van der Waals surface area contributed by atoms with E-state index in [4.69, 9.17) is 17.6 Å². The quantitative estimate of drug-likeness (QED) is 0.140. The van der Waals surface area contributed by atoms with Crippen molar-refractivity contribution in [2.24, 2.45) is 0 Å². The minimum absolute atomic E-state index is 0.0932. The van der Waals surface area contributed by atoms with Crippen LogP contribution in [0.25, 0.3) is 0 Å². The van der Waals surface area contributed by atoms with E-state index in [1.165, 1.54) is 18.2 Å². The van der Waals surface area contributed by atoms with Crippen LogP contribution in [0.5, 0.6) is 5.75 Å². The van der Waals surface area contributed by atoms with Gasteiger partial charge in [0.2, 0.25) is 0 Å². The first-order valence-electron chi connectivity index (χ1n) is 11.6. The average molecular weight is 515 g/mol. The van der Waals surface area contributed by atoms with E-state index in [1.807, 2.05) is 0 Å². The van der Waals surface area contributed by atoms with Crippen LogP contribution >= 0.6 is 0 Å². The summed E-state index contributed by atoms with van der Waals surface area (Å²) in [6.07, 6.45) is 10.8. The molecular weight excluding hydrogens is 492 g/mol. The summed E-state index contributed by atoms with van der Waals surface area (Å²) >= 11 is 0. The first-order chi connectivity index (χ1) is 18.9. The molecule has 4 aromatic rings. The molecule has 190 valence electrons. The predicted molar refractivity (Wildman–Crippen MR) is 152 cm³/mol. The Morgan fingerprint density at radius 2 is 1.05 bits per heavy atom. The number of benzene rings is 4. The molecular formula is C31H22N4O4. The molecule has 8 nitrogen and oxygen atoms in total. The Morgan fingerprint density at radius 3 is 1.54 bits per heavy atom. The summed E-state index contributed by atoms with van der Waals surface area (Å²) < 4.78 is 5.43. The Balaban J connectivity index is 1.55. The third-order valence-electron chi connectivity index (χ3n) is 5.21. The number of carbonyl (C=O) groups excluding carboxylic acids is 3. The molecule has 0 aliphatic carbocycles. The maximum absolute atomic E-state index is 12.9. The summed E-state index contributed by atoms with van der Waals surface area (Å²) in [6, 6.07) is 25.2. The summed E-state index contributed by atoms with van der Waals surface area (Å²) in [5.41, 5.74) is 2.72. The van der Waals surface area contributed by atoms with Crippen molar-refractivity contribution in [3.63, 3.8) is 0 Å². The van der Waals surface area contributed by atoms with Crippen molar-refractivity contribution in [2.45, 2.75) is 0 Å². The van der Waals surface area contributed by atoms with Crippen LogP contribution in [-0.4, -0.2) is 18.0 Å². The molecule has 0 aromatic heterocycles. The van der Waals surface area contributed by atoms with Crippen molar-refractivity contribution in [1.82, 2.24) is 0 Å². The monoisotopic (exact) mass is 514 g/mol. The number of nitrogens with one attached hydrogen (secondary N) is 4. The van der Waals surface area contributed by atoms with Crippen LogP contribution in [0.2, 0.25) is 0 Å². The van der Waals surface area contributed by atoms with Gasteiger partial charge in [0.05, 0.1) is 5.56 Å². The fraction of sp³-hybridized carbons (Fsp3) is 0. The average Bonchev–Trinajstić information content (AvgIpc) is 2.93. The molecule has 0 unspecified atom stereocenters. The number of rotatable bonds is 6. The van der Waals surface area contributed by atoms with E-state index >= 15 is 0 Å². The number of hydrogen-bond acceptors (Lipinski definition) is 4. The standard InChI is InChI=1S/C31H22N4O4/c1-3-21-10-8-12-24(16-21)32-30(37)34-26-18-23(29(36)39-28-14-6-5-7-15-28)19-27(20-26)35-31(38)33-25-13-9-11-22(4-2)17-25/h1-2,5-20H,(H2,32,34,37)(H2,33,35,38). The van der Waals surface area contributed by atoms with Gasteiger partial charge in [-0.1, -0.05) is 42.2 Å². The van der Waals surface area contributed by atoms with Crippen molar-refractivity contribution < 1.29 is 19.1 Å². The molecule has 4 rings (SSSR count). The van der Waals surface area contributed by atoms with Crippen LogP contribution in [0.3, 0.4) is 0 Å². The molecule has 4 amide bonds. The van der Waals surface area contributed by atoms with Gasteiger partial charge in [0.1, 0.15) is 5.75 Å². The van der Waals surface area contributed by atoms with Crippen LogP contribution in [-0.2, 0) is 0 Å². The largest absolute Gasteiger partial charge is 0.423 e. The molecule has 4 aromatic carbocycles. The van der Waals surface area contributed by atoms with E-state index in [-0.39, 0.29) is 16.9 Å². The molecule has 4 N–H and O–H groups in total. The molecule has 0 heterocycles. The zero-order valence-corrected chi connectivity index (χ0v) is 20.5. The van der Waals surface area contributed by atoms with E-state index in [1.54, 1.807) is 78.9 Å². The van der Waals surface area contributed by atoms with Crippen LogP contribution in [0.1, 0.15) is 21.5 Å². The lowest BCUT2D eigenvalue weighted by molar-refractivity contribution is 0.0734. The minimum atomic E-state index is -0.683. The summed E-state index contributed by atoms with van der Waals surface area (Å²) in [7, 11) is 0. The minimum Gasteiger partial charge on any atom is -0.423 e. The number of ether oxygens (including phenoxy) is 1. The molecule has 0 radical (unpaired) electrons. The normalized spacial score (nSPS) is 9.79. The molecule has 0 bridgehead atoms. The highest BCUT2D eigenvalue weighted by Crippen LogP contribution is 2.22. The highest BCUT2D eigenvalue weighted by Gasteiger charge is 2.15. The van der Waals surface area contributed by atoms with Crippen LogP contribution in [0.4, 0.5) is 32.3 Å². The van der Waals surface area contributed by atoms with Gasteiger partial charge in [-0.25, -0.2) is 14.4 Å². The van der Waals surface area contributed by atoms with E-state index < -0.39 is 18.0 Å². The molecule has 0 atom stereocenters. The fourth-order valence-electron chi connectivity index (χ4n) is 3.50. The molecule has 39 heavy (non-hydrogen) atoms. The number of hydrogen-bond donors (Lipinski definition) is 4. The van der Waals surface area contributed by atoms with Gasteiger partial charge in [-0.2, -0.15) is 0 Å². The molecule has 8 heteroatoms. The summed E-state index contributed by atoms with van der Waals surface area (Å²) in [4.78, 5) is 38.3. The molecule has 0 saturated carbocycles. The van der Waals surface area contributed by atoms with E-state index in [9.17, 15) is 14.4 Å². The Bertz CT molecular complexity index is 1530. The zero-order chi connectivity index (χ0) is 27.6. The maximum atomic E-state index is 12.9. The van der Waals surface area contributed by atoms with Gasteiger partial charge in [-0.05, 0) is 66.7 Å². The summed E-state index contributed by atoms with van der Waals surface area (Å²) in [6.45, 7) is 0. The highest BCUT2D eigenvalue weighted by molar-refractivity contribution is 6.04. The topological polar surface area (TPSA) is 109 Å². The van der Waals surface area contributed by atoms with Crippen molar-refractivity contribution in [1.29, 1.82) is 0 Å². The second-order valence-corrected chi connectivity index (χ2v) is 8.11.